The van der Waals surface area contributed by atoms with Crippen molar-refractivity contribution < 1.29 is 14.2 Å². The van der Waals surface area contributed by atoms with Crippen LogP contribution in [0, 0.1) is 0 Å². The zero-order valence-electron chi connectivity index (χ0n) is 11.1. The van der Waals surface area contributed by atoms with Crippen molar-refractivity contribution in [3.63, 3.8) is 0 Å². The Morgan fingerprint density at radius 1 is 1.58 bits per heavy atom. The molecule has 1 heterocycles. The van der Waals surface area contributed by atoms with Crippen LogP contribution in [0.4, 0.5) is 0 Å². The summed E-state index contributed by atoms with van der Waals surface area (Å²) in [6.07, 6.45) is 2.02. The average molecular weight is 291 g/mol. The predicted octanol–water partition coefficient (Wildman–Crippen LogP) is -0.881. The van der Waals surface area contributed by atoms with E-state index in [0.717, 1.165) is 11.1 Å². The number of carbonyl (C=O) groups excluding carboxylic acids is 2. The number of nitrogens with two attached hydrogens (primary N) is 2. The molecule has 0 aromatic carbocycles. The fourth-order valence-electron chi connectivity index (χ4n) is 1.78. The quantitative estimate of drug-likeness (QED) is 0.470. The summed E-state index contributed by atoms with van der Waals surface area (Å²) in [7, 11) is -3.55. The highest BCUT2D eigenvalue weighted by molar-refractivity contribution is 7.57. The normalized spacial score (nSPS) is 23.0. The van der Waals surface area contributed by atoms with E-state index in [2.05, 4.69) is 10.4 Å². The fourth-order valence-corrected chi connectivity index (χ4v) is 3.20. The number of carbonyl (C=O) groups is 2. The first-order chi connectivity index (χ1) is 8.88. The second-order valence-electron chi connectivity index (χ2n) is 4.52. The number of rotatable bonds is 6. The molecule has 6 N–H and O–H groups in total. The zero-order valence-corrected chi connectivity index (χ0v) is 12.0. The van der Waals surface area contributed by atoms with Crippen LogP contribution < -0.4 is 21.6 Å². The summed E-state index contributed by atoms with van der Waals surface area (Å²) in [6.45, 7) is 2.58. The van der Waals surface area contributed by atoms with Crippen molar-refractivity contribution in [3.8, 4) is 0 Å². The van der Waals surface area contributed by atoms with Crippen LogP contribution in [0.3, 0.4) is 0 Å². The van der Waals surface area contributed by atoms with Crippen LogP contribution in [0.5, 0.6) is 0 Å². The second kappa shape index (κ2) is 7.00. The molecule has 0 radical (unpaired) electrons. The predicted molar refractivity (Wildman–Crippen MR) is 72.0 cm³/mol. The second-order valence-corrected chi connectivity index (χ2v) is 6.56. The van der Waals surface area contributed by atoms with Gasteiger partial charge in [0.2, 0.25) is 11.8 Å². The molecule has 2 atom stereocenters. The maximum atomic E-state index is 12.2. The fraction of sp³-hybridized carbons (Fsp3) is 0.800. The van der Waals surface area contributed by atoms with Crippen molar-refractivity contribution in [2.24, 2.45) is 11.2 Å². The topological polar surface area (TPSA) is 131 Å². The van der Waals surface area contributed by atoms with Gasteiger partial charge in [0.1, 0.15) is 0 Å². The van der Waals surface area contributed by atoms with Crippen LogP contribution in [-0.4, -0.2) is 42.2 Å². The number of nitrogens with zero attached hydrogens (tertiary/aromatic N) is 1. The Morgan fingerprint density at radius 3 is 2.89 bits per heavy atom. The standard InChI is InChI=1S/C10H22N5O3P/c1-2-5-13-9(16)7-14-19(12,18)15-6-3-4-8(11)10(15)17/h8H,2-7,11H2,1H3,(H,13,16)(H3,12,14,18)/t8-,19?/m0/s1. The molecule has 8 nitrogen and oxygen atoms in total. The molecule has 1 aliphatic rings. The SMILES string of the molecule is CCCNC(=O)CNP(N)(=O)N1CCC[C@H](N)C1=O. The van der Waals surface area contributed by atoms with E-state index in [4.69, 9.17) is 11.2 Å². The molecule has 0 saturated carbocycles. The molecule has 0 spiro atoms. The molecule has 1 saturated heterocycles. The summed E-state index contributed by atoms with van der Waals surface area (Å²) in [4.78, 5) is 23.2. The zero-order chi connectivity index (χ0) is 14.5. The average Bonchev–Trinajstić information content (AvgIpc) is 2.37. The summed E-state index contributed by atoms with van der Waals surface area (Å²) in [6, 6.07) is -0.665. The van der Waals surface area contributed by atoms with Crippen molar-refractivity contribution in [1.29, 1.82) is 0 Å². The number of nitrogens with one attached hydrogen (secondary N) is 2. The van der Waals surface area contributed by atoms with Gasteiger partial charge in [-0.05, 0) is 19.3 Å². The molecule has 19 heavy (non-hydrogen) atoms. The molecule has 1 aliphatic heterocycles. The lowest BCUT2D eigenvalue weighted by Gasteiger charge is -2.34. The highest BCUT2D eigenvalue weighted by Crippen LogP contribution is 2.38. The maximum Gasteiger partial charge on any atom is 0.305 e. The summed E-state index contributed by atoms with van der Waals surface area (Å²) >= 11 is 0. The van der Waals surface area contributed by atoms with Gasteiger partial charge in [-0.1, -0.05) is 6.92 Å². The summed E-state index contributed by atoms with van der Waals surface area (Å²) in [5.74, 6) is -0.736. The van der Waals surface area contributed by atoms with Crippen LogP contribution in [0.1, 0.15) is 26.2 Å². The minimum atomic E-state index is -3.55. The van der Waals surface area contributed by atoms with Crippen LogP contribution in [-0.2, 0) is 14.2 Å². The number of piperidine rings is 1. The van der Waals surface area contributed by atoms with Gasteiger partial charge in [0.15, 0.2) is 0 Å². The van der Waals surface area contributed by atoms with Gasteiger partial charge in [0.05, 0.1) is 12.6 Å². The van der Waals surface area contributed by atoms with Gasteiger partial charge in [-0.25, -0.2) is 5.09 Å². The smallest absolute Gasteiger partial charge is 0.305 e. The molecule has 0 bridgehead atoms. The van der Waals surface area contributed by atoms with Crippen molar-refractivity contribution in [2.45, 2.75) is 32.2 Å². The van der Waals surface area contributed by atoms with Crippen LogP contribution in [0.15, 0.2) is 0 Å². The highest BCUT2D eigenvalue weighted by Gasteiger charge is 2.36. The third kappa shape index (κ3) is 4.58. The van der Waals surface area contributed by atoms with Crippen molar-refractivity contribution in [3.05, 3.63) is 0 Å². The summed E-state index contributed by atoms with van der Waals surface area (Å²) in [5, 5.41) is 5.08. The van der Waals surface area contributed by atoms with Gasteiger partial charge < -0.3 is 11.1 Å². The molecule has 110 valence electrons. The molecule has 0 aromatic heterocycles. The first-order valence-electron chi connectivity index (χ1n) is 6.36. The van der Waals surface area contributed by atoms with E-state index in [0.29, 0.717) is 25.9 Å². The molecule has 1 fully saturated rings. The Morgan fingerprint density at radius 2 is 2.26 bits per heavy atom. The van der Waals surface area contributed by atoms with Gasteiger partial charge in [0, 0.05) is 13.1 Å². The third-order valence-electron chi connectivity index (χ3n) is 2.85. The minimum absolute atomic E-state index is 0.188. The molecular formula is C10H22N5O3P. The van der Waals surface area contributed by atoms with E-state index in [9.17, 15) is 14.2 Å². The van der Waals surface area contributed by atoms with E-state index in [1.807, 2.05) is 6.92 Å². The van der Waals surface area contributed by atoms with Gasteiger partial charge >= 0.3 is 7.59 Å². The lowest BCUT2D eigenvalue weighted by atomic mass is 10.1. The Hall–Kier alpha value is -0.950. The molecule has 0 aliphatic carbocycles. The van der Waals surface area contributed by atoms with E-state index < -0.39 is 19.5 Å². The number of hydrogen-bond acceptors (Lipinski definition) is 4. The molecule has 1 rings (SSSR count). The van der Waals surface area contributed by atoms with Crippen LogP contribution in [0.2, 0.25) is 0 Å². The first kappa shape index (κ1) is 16.1. The molecule has 0 aromatic rings. The molecule has 1 unspecified atom stereocenters. The highest BCUT2D eigenvalue weighted by atomic mass is 31.2. The lowest BCUT2D eigenvalue weighted by Crippen LogP contribution is -2.50. The number of amides is 2. The first-order valence-corrected chi connectivity index (χ1v) is 8.09. The van der Waals surface area contributed by atoms with Crippen molar-refractivity contribution >= 4 is 19.4 Å². The van der Waals surface area contributed by atoms with Gasteiger partial charge in [-0.3, -0.25) is 24.3 Å². The van der Waals surface area contributed by atoms with E-state index >= 15 is 0 Å². The van der Waals surface area contributed by atoms with Gasteiger partial charge in [-0.2, -0.15) is 0 Å². The third-order valence-corrected chi connectivity index (χ3v) is 4.58. The van der Waals surface area contributed by atoms with Gasteiger partial charge in [-0.15, -0.1) is 0 Å². The van der Waals surface area contributed by atoms with Crippen LogP contribution in [0.25, 0.3) is 0 Å². The van der Waals surface area contributed by atoms with E-state index in [1.165, 1.54) is 0 Å². The largest absolute Gasteiger partial charge is 0.355 e. The monoisotopic (exact) mass is 291 g/mol. The molecule has 9 heteroatoms. The summed E-state index contributed by atoms with van der Waals surface area (Å²) in [5.41, 5.74) is 11.2. The summed E-state index contributed by atoms with van der Waals surface area (Å²) < 4.78 is 13.3. The van der Waals surface area contributed by atoms with Crippen molar-refractivity contribution in [1.82, 2.24) is 15.1 Å². The van der Waals surface area contributed by atoms with Gasteiger partial charge in [0.25, 0.3) is 0 Å². The molecular weight excluding hydrogens is 269 g/mol. The van der Waals surface area contributed by atoms with Crippen LogP contribution >= 0.6 is 7.59 Å². The lowest BCUT2D eigenvalue weighted by molar-refractivity contribution is -0.130. The Balaban J connectivity index is 2.53. The minimum Gasteiger partial charge on any atom is -0.355 e. The number of hydrogen-bond donors (Lipinski definition) is 4. The van der Waals surface area contributed by atoms with E-state index in [1.54, 1.807) is 0 Å². The van der Waals surface area contributed by atoms with Crippen molar-refractivity contribution in [2.75, 3.05) is 19.6 Å². The van der Waals surface area contributed by atoms with E-state index in [-0.39, 0.29) is 12.5 Å². The maximum absolute atomic E-state index is 12.2. The Bertz CT molecular complexity index is 389. The molecule has 2 amide bonds. The Labute approximate surface area is 112 Å². The Kier molecular flexibility index (Phi) is 5.93.